The Balaban J connectivity index is 1.91. The Hall–Kier alpha value is -1.44. The highest BCUT2D eigenvalue weighted by molar-refractivity contribution is 7.12. The highest BCUT2D eigenvalue weighted by atomic mass is 35.5. The van der Waals surface area contributed by atoms with Crippen LogP contribution in [0.3, 0.4) is 0 Å². The molecular formula is C21H23Cl2N3OS2. The summed E-state index contributed by atoms with van der Waals surface area (Å²) in [4.78, 5) is 19.2. The van der Waals surface area contributed by atoms with Gasteiger partial charge in [-0.1, -0.05) is 43.1 Å². The van der Waals surface area contributed by atoms with E-state index in [2.05, 4.69) is 19.2 Å². The predicted octanol–water partition coefficient (Wildman–Crippen LogP) is 5.66. The van der Waals surface area contributed by atoms with E-state index in [1.165, 1.54) is 16.2 Å². The second-order valence-corrected chi connectivity index (χ2v) is 10.0. The molecule has 2 aromatic heterocycles. The minimum absolute atomic E-state index is 0.0795. The third-order valence-electron chi connectivity index (χ3n) is 4.25. The summed E-state index contributed by atoms with van der Waals surface area (Å²) < 4.78 is 0. The lowest BCUT2D eigenvalue weighted by Gasteiger charge is -2.06. The topological polar surface area (TPSA) is 68.0 Å². The first-order valence-electron chi connectivity index (χ1n) is 9.37. The second-order valence-electron chi connectivity index (χ2n) is 7.10. The smallest absolute Gasteiger partial charge is 0.261 e. The molecule has 0 saturated heterocycles. The summed E-state index contributed by atoms with van der Waals surface area (Å²) in [5.41, 5.74) is 8.38. The minimum atomic E-state index is -0.0795. The summed E-state index contributed by atoms with van der Waals surface area (Å²) >= 11 is 15.4. The largest absolute Gasteiger partial charge is 0.350 e. The fourth-order valence-corrected chi connectivity index (χ4v) is 5.42. The van der Waals surface area contributed by atoms with Gasteiger partial charge < -0.3 is 11.1 Å². The molecule has 3 N–H and O–H groups in total. The average molecular weight is 468 g/mol. The molecule has 1 aromatic carbocycles. The molecule has 0 aliphatic rings. The Labute approximate surface area is 189 Å². The molecule has 0 unspecified atom stereocenters. The lowest BCUT2D eigenvalue weighted by Crippen LogP contribution is -2.28. The van der Waals surface area contributed by atoms with Crippen LogP contribution in [0.25, 0.3) is 11.3 Å². The van der Waals surface area contributed by atoms with Crippen molar-refractivity contribution in [2.75, 3.05) is 13.1 Å². The van der Waals surface area contributed by atoms with Gasteiger partial charge in [-0.25, -0.2) is 4.98 Å². The van der Waals surface area contributed by atoms with Gasteiger partial charge in [-0.15, -0.1) is 22.7 Å². The number of nitrogens with one attached hydrogen (secondary N) is 1. The van der Waals surface area contributed by atoms with Crippen molar-refractivity contribution in [3.63, 3.8) is 0 Å². The Morgan fingerprint density at radius 1 is 1.24 bits per heavy atom. The lowest BCUT2D eigenvalue weighted by molar-refractivity contribution is 0.0958. The molecule has 3 rings (SSSR count). The van der Waals surface area contributed by atoms with Crippen molar-refractivity contribution in [3.05, 3.63) is 60.0 Å². The molecule has 0 bridgehead atoms. The monoisotopic (exact) mass is 467 g/mol. The van der Waals surface area contributed by atoms with E-state index < -0.39 is 0 Å². The van der Waals surface area contributed by atoms with Crippen LogP contribution in [0.5, 0.6) is 0 Å². The van der Waals surface area contributed by atoms with Crippen LogP contribution in [0.2, 0.25) is 10.0 Å². The van der Waals surface area contributed by atoms with Crippen molar-refractivity contribution in [1.82, 2.24) is 10.3 Å². The van der Waals surface area contributed by atoms with Gasteiger partial charge in [0.15, 0.2) is 0 Å². The van der Waals surface area contributed by atoms with Crippen molar-refractivity contribution in [3.8, 4) is 11.3 Å². The zero-order valence-corrected chi connectivity index (χ0v) is 19.4. The highest BCUT2D eigenvalue weighted by Gasteiger charge is 2.18. The van der Waals surface area contributed by atoms with E-state index in [1.807, 2.05) is 23.6 Å². The van der Waals surface area contributed by atoms with Crippen LogP contribution in [0.15, 0.2) is 29.6 Å². The SMILES string of the molecule is CC(C)Cc1sc(Cc2ccsc2C(=O)NCCN)nc1-c1ccc(Cl)c(Cl)c1. The van der Waals surface area contributed by atoms with Gasteiger partial charge in [-0.05, 0) is 41.5 Å². The number of rotatable bonds is 8. The molecule has 0 aliphatic carbocycles. The van der Waals surface area contributed by atoms with E-state index in [9.17, 15) is 4.79 Å². The number of amides is 1. The Morgan fingerprint density at radius 3 is 2.72 bits per heavy atom. The van der Waals surface area contributed by atoms with Crippen molar-refractivity contribution >= 4 is 51.8 Å². The number of nitrogens with two attached hydrogens (primary N) is 1. The molecule has 0 atom stereocenters. The Morgan fingerprint density at radius 2 is 2.03 bits per heavy atom. The predicted molar refractivity (Wildman–Crippen MR) is 125 cm³/mol. The van der Waals surface area contributed by atoms with E-state index in [0.29, 0.717) is 35.5 Å². The maximum absolute atomic E-state index is 12.4. The minimum Gasteiger partial charge on any atom is -0.350 e. The maximum atomic E-state index is 12.4. The van der Waals surface area contributed by atoms with Crippen molar-refractivity contribution < 1.29 is 4.79 Å². The fraction of sp³-hybridized carbons (Fsp3) is 0.333. The standard InChI is InChI=1S/C21H23Cl2N3OS2/c1-12(2)9-17-19(13-3-4-15(22)16(23)10-13)26-18(29-17)11-14-5-8-28-20(14)21(27)25-7-6-24/h3-5,8,10,12H,6-7,9,11,24H2,1-2H3,(H,25,27). The number of hydrogen-bond acceptors (Lipinski definition) is 5. The van der Waals surface area contributed by atoms with Crippen LogP contribution in [0.4, 0.5) is 0 Å². The van der Waals surface area contributed by atoms with E-state index in [-0.39, 0.29) is 5.91 Å². The third-order valence-corrected chi connectivity index (χ3v) is 7.03. The molecule has 0 fully saturated rings. The third kappa shape index (κ3) is 5.58. The van der Waals surface area contributed by atoms with Gasteiger partial charge in [0.2, 0.25) is 0 Å². The summed E-state index contributed by atoms with van der Waals surface area (Å²) in [6.45, 7) is 5.27. The molecular weight excluding hydrogens is 445 g/mol. The number of thiophene rings is 1. The van der Waals surface area contributed by atoms with Gasteiger partial charge >= 0.3 is 0 Å². The van der Waals surface area contributed by atoms with Crippen LogP contribution < -0.4 is 11.1 Å². The van der Waals surface area contributed by atoms with Gasteiger partial charge in [-0.2, -0.15) is 0 Å². The van der Waals surface area contributed by atoms with E-state index in [0.717, 1.165) is 33.1 Å². The fourth-order valence-electron chi connectivity index (χ4n) is 2.96. The van der Waals surface area contributed by atoms with E-state index in [4.69, 9.17) is 33.9 Å². The number of carbonyl (C=O) groups is 1. The first-order valence-corrected chi connectivity index (χ1v) is 11.8. The number of halogens is 2. The number of aromatic nitrogens is 1. The van der Waals surface area contributed by atoms with Gasteiger partial charge in [0.1, 0.15) is 0 Å². The van der Waals surface area contributed by atoms with Gasteiger partial charge in [0.05, 0.1) is 25.6 Å². The summed E-state index contributed by atoms with van der Waals surface area (Å²) in [6, 6.07) is 7.61. The molecule has 0 saturated carbocycles. The molecule has 0 aliphatic heterocycles. The summed E-state index contributed by atoms with van der Waals surface area (Å²) in [7, 11) is 0. The number of benzene rings is 1. The maximum Gasteiger partial charge on any atom is 0.261 e. The lowest BCUT2D eigenvalue weighted by atomic mass is 10.0. The van der Waals surface area contributed by atoms with E-state index >= 15 is 0 Å². The molecule has 2 heterocycles. The van der Waals surface area contributed by atoms with Gasteiger partial charge in [0, 0.05) is 30.0 Å². The first kappa shape index (κ1) is 22.2. The first-order chi connectivity index (χ1) is 13.9. The summed E-state index contributed by atoms with van der Waals surface area (Å²) in [5, 5.41) is 6.81. The molecule has 154 valence electrons. The average Bonchev–Trinajstić information content (AvgIpc) is 3.29. The Bertz CT molecular complexity index is 998. The normalized spacial score (nSPS) is 11.2. The summed E-state index contributed by atoms with van der Waals surface area (Å²) in [5.74, 6) is 0.424. The van der Waals surface area contributed by atoms with E-state index in [1.54, 1.807) is 17.4 Å². The van der Waals surface area contributed by atoms with Crippen molar-refractivity contribution in [2.45, 2.75) is 26.7 Å². The molecule has 1 amide bonds. The number of thiazole rings is 1. The Kier molecular flexibility index (Phi) is 7.71. The number of hydrogen-bond donors (Lipinski definition) is 2. The van der Waals surface area contributed by atoms with Gasteiger partial charge in [-0.3, -0.25) is 4.79 Å². The zero-order valence-electron chi connectivity index (χ0n) is 16.3. The quantitative estimate of drug-likeness (QED) is 0.449. The molecule has 0 spiro atoms. The van der Waals surface area contributed by atoms with Crippen LogP contribution in [-0.2, 0) is 12.8 Å². The highest BCUT2D eigenvalue weighted by Crippen LogP contribution is 2.35. The van der Waals surface area contributed by atoms with Crippen LogP contribution in [0, 0.1) is 5.92 Å². The summed E-state index contributed by atoms with van der Waals surface area (Å²) in [6.07, 6.45) is 1.55. The molecule has 0 radical (unpaired) electrons. The van der Waals surface area contributed by atoms with Crippen LogP contribution >= 0.6 is 45.9 Å². The van der Waals surface area contributed by atoms with Gasteiger partial charge in [0.25, 0.3) is 5.91 Å². The van der Waals surface area contributed by atoms with Crippen molar-refractivity contribution in [1.29, 1.82) is 0 Å². The number of carbonyl (C=O) groups excluding carboxylic acids is 1. The zero-order chi connectivity index (χ0) is 21.0. The molecule has 8 heteroatoms. The van der Waals surface area contributed by atoms with Crippen molar-refractivity contribution in [2.24, 2.45) is 11.7 Å². The molecule has 3 aromatic rings. The van der Waals surface area contributed by atoms with Crippen LogP contribution in [0.1, 0.15) is 39.0 Å². The second kappa shape index (κ2) is 10.0. The van der Waals surface area contributed by atoms with Crippen LogP contribution in [-0.4, -0.2) is 24.0 Å². The molecule has 29 heavy (non-hydrogen) atoms. The molecule has 4 nitrogen and oxygen atoms in total. The number of nitrogens with zero attached hydrogens (tertiary/aromatic N) is 1.